The van der Waals surface area contributed by atoms with Crippen LogP contribution < -0.4 is 5.32 Å². The molecule has 0 spiro atoms. The van der Waals surface area contributed by atoms with Crippen molar-refractivity contribution in [2.24, 2.45) is 0 Å². The molecule has 0 aliphatic rings. The minimum Gasteiger partial charge on any atom is -0.345 e. The van der Waals surface area contributed by atoms with E-state index in [4.69, 9.17) is 35.4 Å². The van der Waals surface area contributed by atoms with Crippen molar-refractivity contribution in [1.82, 2.24) is 20.1 Å². The van der Waals surface area contributed by atoms with E-state index in [2.05, 4.69) is 31.4 Å². The highest BCUT2D eigenvalue weighted by molar-refractivity contribution is 9.10. The fraction of sp³-hybridized carbons (Fsp3) is 0.0625. The van der Waals surface area contributed by atoms with Gasteiger partial charge < -0.3 is 5.32 Å². The summed E-state index contributed by atoms with van der Waals surface area (Å²) in [6, 6.07) is 12.3. The summed E-state index contributed by atoms with van der Waals surface area (Å²) in [5.74, 6) is 0.253. The number of amides is 1. The monoisotopic (exact) mass is 456 g/mol. The summed E-state index contributed by atoms with van der Waals surface area (Å²) in [6.45, 7) is 0.182. The first kappa shape index (κ1) is 18.1. The van der Waals surface area contributed by atoms with Crippen LogP contribution in [0.5, 0.6) is 0 Å². The lowest BCUT2D eigenvalue weighted by Gasteiger charge is -2.09. The van der Waals surface area contributed by atoms with Crippen molar-refractivity contribution in [3.05, 3.63) is 73.1 Å². The van der Waals surface area contributed by atoms with Gasteiger partial charge in [0.1, 0.15) is 0 Å². The van der Waals surface area contributed by atoms with E-state index in [9.17, 15) is 4.79 Å². The summed E-state index contributed by atoms with van der Waals surface area (Å²) in [7, 11) is 0. The Kier molecular flexibility index (Phi) is 5.58. The SMILES string of the molecule is O=C(NCc1n[nH]c(=S)n1-c1ccc(Br)cc1)c1ccc(Cl)cc1Cl. The number of nitrogens with zero attached hydrogens (tertiary/aromatic N) is 2. The summed E-state index contributed by atoms with van der Waals surface area (Å²) in [6.07, 6.45) is 0. The molecule has 3 rings (SSSR count). The molecule has 0 bridgehead atoms. The van der Waals surface area contributed by atoms with Crippen molar-refractivity contribution >= 4 is 57.3 Å². The van der Waals surface area contributed by atoms with E-state index < -0.39 is 0 Å². The summed E-state index contributed by atoms with van der Waals surface area (Å²) < 4.78 is 3.15. The van der Waals surface area contributed by atoms with Crippen LogP contribution in [0, 0.1) is 4.77 Å². The predicted molar refractivity (Wildman–Crippen MR) is 104 cm³/mol. The van der Waals surface area contributed by atoms with Crippen LogP contribution in [0.15, 0.2) is 46.9 Å². The Morgan fingerprint density at radius 2 is 1.96 bits per heavy atom. The topological polar surface area (TPSA) is 62.7 Å². The molecule has 128 valence electrons. The van der Waals surface area contributed by atoms with E-state index in [1.165, 1.54) is 6.07 Å². The van der Waals surface area contributed by atoms with E-state index in [1.807, 2.05) is 24.3 Å². The molecule has 0 aliphatic carbocycles. The second kappa shape index (κ2) is 7.70. The second-order valence-electron chi connectivity index (χ2n) is 5.06. The van der Waals surface area contributed by atoms with Crippen LogP contribution in [0.2, 0.25) is 10.0 Å². The van der Waals surface area contributed by atoms with Gasteiger partial charge in [-0.05, 0) is 54.7 Å². The number of aromatic nitrogens is 3. The zero-order chi connectivity index (χ0) is 18.0. The number of benzene rings is 2. The number of H-pyrrole nitrogens is 1. The van der Waals surface area contributed by atoms with Gasteiger partial charge in [-0.25, -0.2) is 0 Å². The van der Waals surface area contributed by atoms with Crippen molar-refractivity contribution in [1.29, 1.82) is 0 Å². The standard InChI is InChI=1S/C16H11BrCl2N4OS/c17-9-1-4-11(5-2-9)23-14(21-22-16(23)25)8-20-15(24)12-6-3-10(18)7-13(12)19/h1-7H,8H2,(H,20,24)(H,22,25). The molecule has 2 N–H and O–H groups in total. The highest BCUT2D eigenvalue weighted by atomic mass is 79.9. The molecule has 1 amide bonds. The smallest absolute Gasteiger partial charge is 0.253 e. The van der Waals surface area contributed by atoms with E-state index >= 15 is 0 Å². The van der Waals surface area contributed by atoms with Crippen LogP contribution in [0.25, 0.3) is 5.69 Å². The molecular weight excluding hydrogens is 447 g/mol. The van der Waals surface area contributed by atoms with Gasteiger partial charge in [0.15, 0.2) is 10.6 Å². The van der Waals surface area contributed by atoms with Crippen LogP contribution >= 0.6 is 51.3 Å². The average Bonchev–Trinajstić information content (AvgIpc) is 2.94. The molecule has 1 heterocycles. The Hall–Kier alpha value is -1.67. The molecule has 9 heteroatoms. The molecule has 2 aromatic carbocycles. The van der Waals surface area contributed by atoms with E-state index in [0.29, 0.717) is 21.2 Å². The Morgan fingerprint density at radius 3 is 2.64 bits per heavy atom. The van der Waals surface area contributed by atoms with E-state index in [1.54, 1.807) is 16.7 Å². The first-order valence-electron chi connectivity index (χ1n) is 7.11. The minimum atomic E-state index is -0.321. The molecule has 0 unspecified atom stereocenters. The fourth-order valence-electron chi connectivity index (χ4n) is 2.23. The minimum absolute atomic E-state index is 0.182. The molecule has 0 fully saturated rings. The normalized spacial score (nSPS) is 10.7. The second-order valence-corrected chi connectivity index (χ2v) is 7.21. The van der Waals surface area contributed by atoms with Crippen molar-refractivity contribution < 1.29 is 4.79 Å². The number of hydrogen-bond donors (Lipinski definition) is 2. The van der Waals surface area contributed by atoms with Gasteiger partial charge >= 0.3 is 0 Å². The molecule has 0 saturated carbocycles. The van der Waals surface area contributed by atoms with Crippen molar-refractivity contribution in [3.8, 4) is 5.69 Å². The van der Waals surface area contributed by atoms with E-state index in [0.717, 1.165) is 10.2 Å². The van der Waals surface area contributed by atoms with Crippen molar-refractivity contribution in [2.75, 3.05) is 0 Å². The quantitative estimate of drug-likeness (QED) is 0.546. The molecular formula is C16H11BrCl2N4OS. The van der Waals surface area contributed by atoms with Gasteiger partial charge in [-0.1, -0.05) is 39.1 Å². The highest BCUT2D eigenvalue weighted by Gasteiger charge is 2.13. The Balaban J connectivity index is 1.81. The van der Waals surface area contributed by atoms with Crippen LogP contribution in [-0.2, 0) is 6.54 Å². The van der Waals surface area contributed by atoms with Gasteiger partial charge in [-0.15, -0.1) is 0 Å². The fourth-order valence-corrected chi connectivity index (χ4v) is 3.25. The lowest BCUT2D eigenvalue weighted by atomic mass is 10.2. The number of carbonyl (C=O) groups is 1. The average molecular weight is 458 g/mol. The lowest BCUT2D eigenvalue weighted by Crippen LogP contribution is -2.24. The predicted octanol–water partition coefficient (Wildman–Crippen LogP) is 4.93. The van der Waals surface area contributed by atoms with Gasteiger partial charge in [0.2, 0.25) is 0 Å². The van der Waals surface area contributed by atoms with Gasteiger partial charge in [0.05, 0.1) is 17.1 Å². The lowest BCUT2D eigenvalue weighted by molar-refractivity contribution is 0.0950. The Labute approximate surface area is 167 Å². The maximum absolute atomic E-state index is 12.3. The molecule has 25 heavy (non-hydrogen) atoms. The summed E-state index contributed by atoms with van der Waals surface area (Å²) in [5, 5.41) is 10.5. The molecule has 5 nitrogen and oxygen atoms in total. The zero-order valence-corrected chi connectivity index (χ0v) is 16.5. The molecule has 0 atom stereocenters. The number of rotatable bonds is 4. The molecule has 3 aromatic rings. The van der Waals surface area contributed by atoms with Crippen molar-refractivity contribution in [3.63, 3.8) is 0 Å². The largest absolute Gasteiger partial charge is 0.345 e. The number of hydrogen-bond acceptors (Lipinski definition) is 3. The molecule has 0 saturated heterocycles. The Morgan fingerprint density at radius 1 is 1.24 bits per heavy atom. The summed E-state index contributed by atoms with van der Waals surface area (Å²) in [4.78, 5) is 12.3. The first-order valence-corrected chi connectivity index (χ1v) is 9.07. The Bertz CT molecular complexity index is 985. The maximum atomic E-state index is 12.3. The third kappa shape index (κ3) is 4.12. The maximum Gasteiger partial charge on any atom is 0.253 e. The number of halogens is 3. The van der Waals surface area contributed by atoms with Crippen LogP contribution in [-0.4, -0.2) is 20.7 Å². The summed E-state index contributed by atoms with van der Waals surface area (Å²) in [5.41, 5.74) is 1.19. The van der Waals surface area contributed by atoms with Gasteiger partial charge in [0, 0.05) is 15.2 Å². The summed E-state index contributed by atoms with van der Waals surface area (Å²) >= 11 is 20.6. The van der Waals surface area contributed by atoms with Gasteiger partial charge in [-0.3, -0.25) is 14.5 Å². The number of nitrogens with one attached hydrogen (secondary N) is 2. The van der Waals surface area contributed by atoms with Crippen LogP contribution in [0.4, 0.5) is 0 Å². The first-order chi connectivity index (χ1) is 12.0. The molecule has 1 aromatic heterocycles. The number of aromatic amines is 1. The van der Waals surface area contributed by atoms with Crippen LogP contribution in [0.1, 0.15) is 16.2 Å². The molecule has 0 aliphatic heterocycles. The number of carbonyl (C=O) groups excluding carboxylic acids is 1. The van der Waals surface area contributed by atoms with Crippen molar-refractivity contribution in [2.45, 2.75) is 6.54 Å². The van der Waals surface area contributed by atoms with Gasteiger partial charge in [0.25, 0.3) is 5.91 Å². The third-order valence-corrected chi connectivity index (χ3v) is 4.76. The van der Waals surface area contributed by atoms with E-state index in [-0.39, 0.29) is 17.5 Å². The van der Waals surface area contributed by atoms with Gasteiger partial charge in [-0.2, -0.15) is 5.10 Å². The van der Waals surface area contributed by atoms with Crippen LogP contribution in [0.3, 0.4) is 0 Å². The molecule has 0 radical (unpaired) electrons. The highest BCUT2D eigenvalue weighted by Crippen LogP contribution is 2.21. The zero-order valence-electron chi connectivity index (χ0n) is 12.6. The third-order valence-electron chi connectivity index (χ3n) is 3.41.